The molecule has 73 heavy (non-hydrogen) atoms. The number of fused-ring (bicyclic) bond motifs is 4. The number of hydrogen-bond acceptors (Lipinski definition) is 12. The van der Waals surface area contributed by atoms with Crippen LogP contribution in [0.15, 0.2) is 53.3 Å². The molecule has 6 aliphatic heterocycles. The third kappa shape index (κ3) is 9.63. The molecule has 6 aliphatic rings. The average molecular weight is 1070 g/mol. The lowest BCUT2D eigenvalue weighted by Crippen LogP contribution is -2.36. The fourth-order valence-electron chi connectivity index (χ4n) is 10.8. The Labute approximate surface area is 430 Å². The molecule has 0 radical (unpaired) electrons. The molecule has 4 fully saturated rings. The summed E-state index contributed by atoms with van der Waals surface area (Å²) in [7, 11) is 0. The predicted molar refractivity (Wildman–Crippen MR) is 280 cm³/mol. The Morgan fingerprint density at radius 2 is 1.12 bits per heavy atom. The number of halogens is 5. The topological polar surface area (TPSA) is 132 Å². The van der Waals surface area contributed by atoms with Crippen molar-refractivity contribution in [2.75, 3.05) is 109 Å². The van der Waals surface area contributed by atoms with Gasteiger partial charge in [-0.1, -0.05) is 27.7 Å². The van der Waals surface area contributed by atoms with Gasteiger partial charge < -0.3 is 29.5 Å². The van der Waals surface area contributed by atoms with E-state index in [1.54, 1.807) is 16.7 Å². The van der Waals surface area contributed by atoms with Crippen LogP contribution in [0.25, 0.3) is 21.8 Å². The van der Waals surface area contributed by atoms with Gasteiger partial charge in [0.2, 0.25) is 11.8 Å². The van der Waals surface area contributed by atoms with Crippen LogP contribution in [-0.2, 0) is 29.9 Å². The number of amides is 2. The smallest absolute Gasteiger partial charge is 0.228 e. The molecule has 14 nitrogen and oxygen atoms in total. The Morgan fingerprint density at radius 1 is 0.616 bits per heavy atom. The number of morpholine rings is 2. The molecule has 4 aromatic heterocycles. The monoisotopic (exact) mass is 1070 g/mol. The van der Waals surface area contributed by atoms with E-state index in [0.29, 0.717) is 78.6 Å². The molecule has 2 amide bonds. The fourth-order valence-corrected chi connectivity index (χ4v) is 11.3. The molecular weight excluding hydrogens is 1010 g/mol. The SMILES string of the molecule is CC1(C)CNc2cc(N3CCOCC3)cnc21.Cc1c(N2CCCC2=O)nc2cc(F)cc(F)c2c1Br.Cc1c(N2CCCC2=O)nc2cc(F)cc(F)c2c1N1CC(C)(C)c2ncc(N3CCOCC3)cc21. The summed E-state index contributed by atoms with van der Waals surface area (Å²) in [6.45, 7) is 21.4. The van der Waals surface area contributed by atoms with Crippen molar-refractivity contribution in [3.63, 3.8) is 0 Å². The van der Waals surface area contributed by atoms with E-state index in [2.05, 4.69) is 90.7 Å². The summed E-state index contributed by atoms with van der Waals surface area (Å²) in [5.74, 6) is -1.81. The number of nitrogens with zero attached hydrogens (tertiary/aromatic N) is 9. The number of hydrogen-bond donors (Lipinski definition) is 1. The first-order chi connectivity index (χ1) is 34.9. The second kappa shape index (κ2) is 19.9. The van der Waals surface area contributed by atoms with Crippen LogP contribution in [0.5, 0.6) is 0 Å². The van der Waals surface area contributed by atoms with Gasteiger partial charge in [0.15, 0.2) is 0 Å². The fraction of sp³-hybridized carbons (Fsp3) is 0.444. The Balaban J connectivity index is 0.000000139. The highest BCUT2D eigenvalue weighted by Crippen LogP contribution is 2.49. The number of ether oxygens (including phenoxy) is 2. The lowest BCUT2D eigenvalue weighted by molar-refractivity contribution is -0.117. The van der Waals surface area contributed by atoms with Gasteiger partial charge in [-0.05, 0) is 54.8 Å². The van der Waals surface area contributed by atoms with Gasteiger partial charge in [0, 0.05) is 116 Å². The molecule has 6 aromatic rings. The molecule has 0 spiro atoms. The molecule has 0 atom stereocenters. The first-order valence-corrected chi connectivity index (χ1v) is 25.7. The van der Waals surface area contributed by atoms with Crippen LogP contribution in [0, 0.1) is 37.1 Å². The van der Waals surface area contributed by atoms with Crippen molar-refractivity contribution in [1.29, 1.82) is 0 Å². The number of anilines is 7. The zero-order chi connectivity index (χ0) is 51.5. The minimum absolute atomic E-state index is 0.0104. The Kier molecular flexibility index (Phi) is 13.7. The van der Waals surface area contributed by atoms with Gasteiger partial charge in [0.05, 0.1) is 100 Å². The van der Waals surface area contributed by atoms with Gasteiger partial charge in [0.25, 0.3) is 0 Å². The van der Waals surface area contributed by atoms with Crippen molar-refractivity contribution >= 4 is 89.6 Å². The second-order valence-corrected chi connectivity index (χ2v) is 21.5. The maximum Gasteiger partial charge on any atom is 0.228 e. The van der Waals surface area contributed by atoms with Crippen LogP contribution in [0.4, 0.5) is 57.6 Å². The van der Waals surface area contributed by atoms with E-state index in [1.165, 1.54) is 29.2 Å². The summed E-state index contributed by atoms with van der Waals surface area (Å²) >= 11 is 3.33. The van der Waals surface area contributed by atoms with Crippen LogP contribution in [0.1, 0.15) is 75.9 Å². The number of carbonyl (C=O) groups excluding carboxylic acids is 2. The summed E-state index contributed by atoms with van der Waals surface area (Å²) in [4.78, 5) is 52.7. The van der Waals surface area contributed by atoms with Gasteiger partial charge >= 0.3 is 0 Å². The number of carbonyl (C=O) groups is 2. The normalized spacial score (nSPS) is 19.0. The van der Waals surface area contributed by atoms with Gasteiger partial charge in [0.1, 0.15) is 34.9 Å². The number of rotatable bonds is 5. The molecule has 4 saturated heterocycles. The molecule has 19 heteroatoms. The predicted octanol–water partition coefficient (Wildman–Crippen LogP) is 9.94. The maximum absolute atomic E-state index is 15.4. The molecule has 384 valence electrons. The van der Waals surface area contributed by atoms with Crippen molar-refractivity contribution in [3.8, 4) is 0 Å². The zero-order valence-electron chi connectivity index (χ0n) is 42.0. The molecule has 0 unspecified atom stereocenters. The molecule has 10 heterocycles. The number of pyridine rings is 4. The van der Waals surface area contributed by atoms with Crippen LogP contribution >= 0.6 is 15.9 Å². The van der Waals surface area contributed by atoms with E-state index >= 15 is 4.39 Å². The van der Waals surface area contributed by atoms with E-state index < -0.39 is 23.3 Å². The highest BCUT2D eigenvalue weighted by Gasteiger charge is 2.41. The third-order valence-corrected chi connectivity index (χ3v) is 15.6. The van der Waals surface area contributed by atoms with Crippen LogP contribution in [0.2, 0.25) is 0 Å². The van der Waals surface area contributed by atoms with Crippen molar-refractivity contribution in [2.24, 2.45) is 0 Å². The lowest BCUT2D eigenvalue weighted by Gasteiger charge is -2.30. The Morgan fingerprint density at radius 3 is 1.67 bits per heavy atom. The molecule has 0 bridgehead atoms. The zero-order valence-corrected chi connectivity index (χ0v) is 43.6. The first-order valence-electron chi connectivity index (χ1n) is 24.9. The van der Waals surface area contributed by atoms with E-state index in [9.17, 15) is 22.8 Å². The van der Waals surface area contributed by atoms with E-state index in [-0.39, 0.29) is 44.5 Å². The molecule has 2 aromatic carbocycles. The van der Waals surface area contributed by atoms with Gasteiger partial charge in [-0.15, -0.1) is 0 Å². The van der Waals surface area contributed by atoms with E-state index in [1.807, 2.05) is 19.3 Å². The van der Waals surface area contributed by atoms with Gasteiger partial charge in [-0.25, -0.2) is 27.5 Å². The van der Waals surface area contributed by atoms with Crippen molar-refractivity contribution in [3.05, 3.63) is 99.0 Å². The first kappa shape index (κ1) is 50.4. The molecule has 0 aliphatic carbocycles. The maximum atomic E-state index is 15.4. The van der Waals surface area contributed by atoms with Crippen molar-refractivity contribution in [2.45, 2.75) is 78.1 Å². The highest BCUT2D eigenvalue weighted by atomic mass is 79.9. The van der Waals surface area contributed by atoms with Crippen LogP contribution in [0.3, 0.4) is 0 Å². The van der Waals surface area contributed by atoms with Crippen molar-refractivity contribution < 1.29 is 36.6 Å². The number of nitrogens with one attached hydrogen (secondary N) is 1. The van der Waals surface area contributed by atoms with Crippen LogP contribution < -0.4 is 29.8 Å². The lowest BCUT2D eigenvalue weighted by atomic mass is 9.91. The second-order valence-electron chi connectivity index (χ2n) is 20.7. The summed E-state index contributed by atoms with van der Waals surface area (Å²) in [5, 5.41) is 3.94. The van der Waals surface area contributed by atoms with Crippen molar-refractivity contribution in [1.82, 2.24) is 19.9 Å². The Hall–Kier alpha value is -6.18. The molecule has 1 N–H and O–H groups in total. The third-order valence-electron chi connectivity index (χ3n) is 14.6. The average Bonchev–Trinajstić information content (AvgIpc) is 4.14. The van der Waals surface area contributed by atoms with Crippen LogP contribution in [-0.4, -0.2) is 111 Å². The minimum atomic E-state index is -0.695. The highest BCUT2D eigenvalue weighted by molar-refractivity contribution is 9.10. The van der Waals surface area contributed by atoms with Gasteiger partial charge in [-0.3, -0.25) is 29.4 Å². The Bertz CT molecular complexity index is 3170. The van der Waals surface area contributed by atoms with E-state index in [0.717, 1.165) is 88.0 Å². The van der Waals surface area contributed by atoms with E-state index in [4.69, 9.17) is 14.5 Å². The quantitative estimate of drug-likeness (QED) is 0.165. The molecule has 12 rings (SSSR count). The summed E-state index contributed by atoms with van der Waals surface area (Å²) in [5.41, 5.74) is 8.62. The summed E-state index contributed by atoms with van der Waals surface area (Å²) < 4.78 is 68.4. The molecular formula is C54H59BrF4N10O4. The molecule has 0 saturated carbocycles. The minimum Gasteiger partial charge on any atom is -0.383 e. The number of benzene rings is 2. The van der Waals surface area contributed by atoms with Gasteiger partial charge in [-0.2, -0.15) is 0 Å². The standard InChI is InChI=1S/C27H29F2N5O2.C14H11BrF2N2O.C13H19N3O/c1-16-24(23-19(29)11-17(28)12-20(23)31-26(16)33-6-4-5-22(33)35)34-15-27(2,3)25-21(34)13-18(14-30-25)32-7-9-36-10-8-32;1-7-13(15)12-9(17)5-8(16)6-10(12)18-14(7)19-4-2-3-11(19)20;1-13(2)9-15-11-7-10(8-14-12(11)13)16-3-5-17-6-4-16/h11-14H,4-10,15H2,1-3H3;5-6H,2-4H2,1H3;7-8,15H,3-6,9H2,1-2H3. The summed E-state index contributed by atoms with van der Waals surface area (Å²) in [6, 6.07) is 8.48. The largest absolute Gasteiger partial charge is 0.383 e. The number of aromatic nitrogens is 4. The summed E-state index contributed by atoms with van der Waals surface area (Å²) in [6.07, 6.45) is 6.33.